The van der Waals surface area contributed by atoms with Crippen molar-refractivity contribution >= 4 is 18.0 Å². The summed E-state index contributed by atoms with van der Waals surface area (Å²) < 4.78 is 12.0. The molecule has 5 heteroatoms. The number of ether oxygens (including phenoxy) is 2. The summed E-state index contributed by atoms with van der Waals surface area (Å²) in [6, 6.07) is 8.13. The minimum Gasteiger partial charge on any atom is -0.482 e. The standard InChI is InChI=1S/C25H29NO4/c1-24(2,3)30-23(28)26-14-12-25(13-15-26)16-21(19-10-8-18(17-27)9-11-19)20-6-4-5-7-22(20)29-25/h4-10,16-17,19H,11-15H2,1-3H3. The third-order valence-electron chi connectivity index (χ3n) is 5.86. The number of aldehydes is 1. The summed E-state index contributed by atoms with van der Waals surface area (Å²) >= 11 is 0. The van der Waals surface area contributed by atoms with E-state index in [-0.39, 0.29) is 12.0 Å². The molecule has 2 aliphatic heterocycles. The molecule has 30 heavy (non-hydrogen) atoms. The summed E-state index contributed by atoms with van der Waals surface area (Å²) in [6.07, 6.45) is 11.1. The van der Waals surface area contributed by atoms with E-state index in [1.54, 1.807) is 4.90 Å². The van der Waals surface area contributed by atoms with E-state index in [0.29, 0.717) is 13.1 Å². The number of carbonyl (C=O) groups excluding carboxylic acids is 2. The van der Waals surface area contributed by atoms with Crippen molar-refractivity contribution in [2.75, 3.05) is 13.1 Å². The molecule has 158 valence electrons. The topological polar surface area (TPSA) is 55.8 Å². The van der Waals surface area contributed by atoms with E-state index in [4.69, 9.17) is 9.47 Å². The number of nitrogens with zero attached hydrogens (tertiary/aromatic N) is 1. The fourth-order valence-corrected chi connectivity index (χ4v) is 4.31. The molecule has 1 aromatic carbocycles. The average Bonchev–Trinajstić information content (AvgIpc) is 2.72. The van der Waals surface area contributed by atoms with Crippen LogP contribution in [0.3, 0.4) is 0 Å². The van der Waals surface area contributed by atoms with Crippen LogP contribution in [0.1, 0.15) is 45.6 Å². The number of fused-ring (bicyclic) bond motifs is 1. The van der Waals surface area contributed by atoms with Crippen molar-refractivity contribution in [2.24, 2.45) is 5.92 Å². The van der Waals surface area contributed by atoms with Gasteiger partial charge < -0.3 is 14.4 Å². The van der Waals surface area contributed by atoms with Gasteiger partial charge in [0, 0.05) is 43.0 Å². The highest BCUT2D eigenvalue weighted by atomic mass is 16.6. The maximum Gasteiger partial charge on any atom is 0.410 e. The highest BCUT2D eigenvalue weighted by Crippen LogP contribution is 2.45. The Morgan fingerprint density at radius 2 is 1.97 bits per heavy atom. The van der Waals surface area contributed by atoms with Gasteiger partial charge in [0.15, 0.2) is 0 Å². The minimum absolute atomic E-state index is 0.208. The predicted molar refractivity (Wildman–Crippen MR) is 116 cm³/mol. The molecule has 4 rings (SSSR count). The highest BCUT2D eigenvalue weighted by molar-refractivity contribution is 5.81. The molecular formula is C25H29NO4. The fourth-order valence-electron chi connectivity index (χ4n) is 4.31. The van der Waals surface area contributed by atoms with Gasteiger partial charge in [0.1, 0.15) is 23.2 Å². The van der Waals surface area contributed by atoms with Crippen molar-refractivity contribution in [3.8, 4) is 5.75 Å². The average molecular weight is 408 g/mol. The SMILES string of the molecule is CC(C)(C)OC(=O)N1CCC2(C=C(C3C=CC(C=O)=CC3)c3ccccc3O2)CC1. The Bertz CT molecular complexity index is 927. The Kier molecular flexibility index (Phi) is 5.31. The molecule has 1 atom stereocenters. The van der Waals surface area contributed by atoms with E-state index >= 15 is 0 Å². The van der Waals surface area contributed by atoms with Crippen molar-refractivity contribution in [3.63, 3.8) is 0 Å². The van der Waals surface area contributed by atoms with Gasteiger partial charge in [-0.1, -0.05) is 36.4 Å². The first-order valence-electron chi connectivity index (χ1n) is 10.6. The van der Waals surface area contributed by atoms with Gasteiger partial charge in [-0.3, -0.25) is 4.79 Å². The van der Waals surface area contributed by atoms with Gasteiger partial charge in [-0.25, -0.2) is 4.79 Å². The second-order valence-corrected chi connectivity index (χ2v) is 9.25. The zero-order chi connectivity index (χ0) is 21.4. The Morgan fingerprint density at radius 1 is 1.23 bits per heavy atom. The van der Waals surface area contributed by atoms with Gasteiger partial charge in [0.2, 0.25) is 0 Å². The summed E-state index contributed by atoms with van der Waals surface area (Å²) in [7, 11) is 0. The van der Waals surface area contributed by atoms with Gasteiger partial charge in [-0.2, -0.15) is 0 Å². The summed E-state index contributed by atoms with van der Waals surface area (Å²) in [6.45, 7) is 6.84. The number of allylic oxidation sites excluding steroid dienone is 5. The number of rotatable bonds is 2. The Morgan fingerprint density at radius 3 is 2.60 bits per heavy atom. The van der Waals surface area contributed by atoms with Crippen molar-refractivity contribution < 1.29 is 19.1 Å². The molecule has 1 amide bonds. The molecular weight excluding hydrogens is 378 g/mol. The number of amides is 1. The maximum atomic E-state index is 12.5. The van der Waals surface area contributed by atoms with Crippen molar-refractivity contribution in [1.29, 1.82) is 0 Å². The Labute approximate surface area is 178 Å². The molecule has 1 unspecified atom stereocenters. The van der Waals surface area contributed by atoms with Crippen LogP contribution >= 0.6 is 0 Å². The van der Waals surface area contributed by atoms with Gasteiger partial charge in [0.25, 0.3) is 0 Å². The number of carbonyl (C=O) groups is 2. The van der Waals surface area contributed by atoms with E-state index in [2.05, 4.69) is 18.2 Å². The summed E-state index contributed by atoms with van der Waals surface area (Å²) in [5, 5.41) is 0. The van der Waals surface area contributed by atoms with Gasteiger partial charge >= 0.3 is 6.09 Å². The number of para-hydroxylation sites is 1. The molecule has 1 aliphatic carbocycles. The van der Waals surface area contributed by atoms with Crippen molar-refractivity contribution in [1.82, 2.24) is 4.90 Å². The number of hydrogen-bond acceptors (Lipinski definition) is 4. The van der Waals surface area contributed by atoms with Crippen molar-refractivity contribution in [2.45, 2.75) is 51.2 Å². The van der Waals surface area contributed by atoms with Crippen LogP contribution in [-0.2, 0) is 9.53 Å². The lowest BCUT2D eigenvalue weighted by molar-refractivity contribution is -0.104. The predicted octanol–water partition coefficient (Wildman–Crippen LogP) is 4.93. The van der Waals surface area contributed by atoms with E-state index in [1.807, 2.05) is 51.1 Å². The summed E-state index contributed by atoms with van der Waals surface area (Å²) in [4.78, 5) is 25.3. The second kappa shape index (κ2) is 7.78. The van der Waals surface area contributed by atoms with Crippen LogP contribution in [-0.4, -0.2) is 41.6 Å². The van der Waals surface area contributed by atoms with Crippen LogP contribution in [0, 0.1) is 5.92 Å². The zero-order valence-corrected chi connectivity index (χ0v) is 17.9. The molecule has 2 heterocycles. The molecule has 1 fully saturated rings. The van der Waals surface area contributed by atoms with Crippen LogP contribution in [0.25, 0.3) is 5.57 Å². The number of benzene rings is 1. The lowest BCUT2D eigenvalue weighted by atomic mass is 9.78. The molecule has 1 aromatic rings. The number of likely N-dealkylation sites (tertiary alicyclic amines) is 1. The third kappa shape index (κ3) is 4.20. The van der Waals surface area contributed by atoms with E-state index < -0.39 is 11.2 Å². The molecule has 3 aliphatic rings. The fraction of sp³-hybridized carbons (Fsp3) is 0.440. The van der Waals surface area contributed by atoms with Crippen LogP contribution in [0.15, 0.2) is 54.1 Å². The van der Waals surface area contributed by atoms with Gasteiger partial charge in [-0.15, -0.1) is 0 Å². The monoisotopic (exact) mass is 407 g/mol. The lowest BCUT2D eigenvalue weighted by Gasteiger charge is -2.43. The van der Waals surface area contributed by atoms with Gasteiger partial charge in [-0.05, 0) is 44.9 Å². The number of piperidine rings is 1. The molecule has 1 spiro atoms. The van der Waals surface area contributed by atoms with Gasteiger partial charge in [0.05, 0.1) is 0 Å². The first-order valence-corrected chi connectivity index (χ1v) is 10.6. The van der Waals surface area contributed by atoms with E-state index in [0.717, 1.165) is 42.4 Å². The lowest BCUT2D eigenvalue weighted by Crippen LogP contribution is -2.50. The summed E-state index contributed by atoms with van der Waals surface area (Å²) in [5.74, 6) is 1.10. The highest BCUT2D eigenvalue weighted by Gasteiger charge is 2.41. The molecule has 0 radical (unpaired) electrons. The second-order valence-electron chi connectivity index (χ2n) is 9.25. The van der Waals surface area contributed by atoms with E-state index in [1.165, 1.54) is 5.57 Å². The normalized spacial score (nSPS) is 22.5. The van der Waals surface area contributed by atoms with Crippen molar-refractivity contribution in [3.05, 3.63) is 59.7 Å². The first-order chi connectivity index (χ1) is 14.3. The van der Waals surface area contributed by atoms with Crippen LogP contribution in [0.5, 0.6) is 5.75 Å². The summed E-state index contributed by atoms with van der Waals surface area (Å²) in [5.41, 5.74) is 2.15. The zero-order valence-electron chi connectivity index (χ0n) is 17.9. The van der Waals surface area contributed by atoms with Crippen LogP contribution in [0.2, 0.25) is 0 Å². The quantitative estimate of drug-likeness (QED) is 0.652. The maximum absolute atomic E-state index is 12.5. The molecule has 0 bridgehead atoms. The molecule has 0 aromatic heterocycles. The van der Waals surface area contributed by atoms with E-state index in [9.17, 15) is 9.59 Å². The molecule has 0 saturated carbocycles. The Balaban J connectivity index is 1.56. The Hall–Kier alpha value is -2.82. The molecule has 5 nitrogen and oxygen atoms in total. The molecule has 0 N–H and O–H groups in total. The smallest absolute Gasteiger partial charge is 0.410 e. The minimum atomic E-state index is -0.499. The first kappa shape index (κ1) is 20.5. The molecule has 1 saturated heterocycles. The van der Waals surface area contributed by atoms with Crippen LogP contribution in [0.4, 0.5) is 4.79 Å². The largest absolute Gasteiger partial charge is 0.482 e. The van der Waals surface area contributed by atoms with Crippen LogP contribution < -0.4 is 4.74 Å². The third-order valence-corrected chi connectivity index (χ3v) is 5.86. The number of hydrogen-bond donors (Lipinski definition) is 0.